The van der Waals surface area contributed by atoms with Crippen LogP contribution in [0.15, 0.2) is 67.0 Å². The molecule has 4 aromatic rings. The third kappa shape index (κ3) is 10.0. The van der Waals surface area contributed by atoms with Crippen LogP contribution in [-0.4, -0.2) is 47.7 Å². The van der Waals surface area contributed by atoms with Crippen LogP contribution in [-0.2, 0) is 36.4 Å². The number of carbonyl (C=O) groups excluding carboxylic acids is 1. The maximum Gasteiger partial charge on any atom is 0.416 e. The molecular weight excluding hydrogens is 715 g/mol. The molecule has 2 N–H and O–H groups in total. The summed E-state index contributed by atoms with van der Waals surface area (Å²) >= 11 is 0. The van der Waals surface area contributed by atoms with Gasteiger partial charge in [-0.1, -0.05) is 6.07 Å². The van der Waals surface area contributed by atoms with E-state index in [1.54, 1.807) is 0 Å². The molecule has 0 unspecified atom stereocenters. The van der Waals surface area contributed by atoms with Crippen LogP contribution in [0.4, 0.5) is 45.5 Å². The smallest absolute Gasteiger partial charge is 0.416 e. The number of benzene rings is 3. The molecule has 0 aliphatic rings. The number of methoxy groups -OCH3 is 1. The van der Waals surface area contributed by atoms with Gasteiger partial charge in [-0.05, 0) is 71.6 Å². The molecule has 1 amide bonds. The molecule has 0 fully saturated rings. The molecule has 18 heteroatoms. The monoisotopic (exact) mass is 744 g/mol. The predicted octanol–water partition coefficient (Wildman–Crippen LogP) is 8.02. The first-order valence-corrected chi connectivity index (χ1v) is 15.1. The van der Waals surface area contributed by atoms with Gasteiger partial charge < -0.3 is 24.8 Å². The first-order chi connectivity index (χ1) is 24.3. The van der Waals surface area contributed by atoms with E-state index in [-0.39, 0.29) is 65.2 Å². The molecule has 0 spiro atoms. The fourth-order valence-corrected chi connectivity index (χ4v) is 5.06. The minimum atomic E-state index is -5.18. The lowest BCUT2D eigenvalue weighted by atomic mass is 9.94. The van der Waals surface area contributed by atoms with Crippen LogP contribution < -0.4 is 19.7 Å². The van der Waals surface area contributed by atoms with Crippen LogP contribution in [0.1, 0.15) is 51.0 Å². The van der Waals surface area contributed by atoms with Gasteiger partial charge in [0.25, 0.3) is 5.91 Å². The molecule has 0 atom stereocenters. The van der Waals surface area contributed by atoms with Gasteiger partial charge in [0.1, 0.15) is 5.75 Å². The van der Waals surface area contributed by atoms with E-state index >= 15 is 0 Å². The molecule has 4 rings (SSSR count). The Kier molecular flexibility index (Phi) is 11.9. The summed E-state index contributed by atoms with van der Waals surface area (Å²) < 4.78 is 135. The van der Waals surface area contributed by atoms with Crippen LogP contribution >= 0.6 is 0 Å². The fraction of sp³-hybridized carbons (Fsp3) is 0.294. The van der Waals surface area contributed by atoms with Gasteiger partial charge in [0.05, 0.1) is 42.8 Å². The highest BCUT2D eigenvalue weighted by atomic mass is 19.4. The summed E-state index contributed by atoms with van der Waals surface area (Å²) in [6.45, 7) is -1.42. The maximum absolute atomic E-state index is 14.0. The van der Waals surface area contributed by atoms with E-state index in [2.05, 4.69) is 15.3 Å². The zero-order valence-corrected chi connectivity index (χ0v) is 27.2. The summed E-state index contributed by atoms with van der Waals surface area (Å²) in [5.74, 6) is -1.77. The second-order valence-corrected chi connectivity index (χ2v) is 11.2. The molecule has 278 valence electrons. The normalized spacial score (nSPS) is 12.0. The zero-order valence-electron chi connectivity index (χ0n) is 27.2. The van der Waals surface area contributed by atoms with Crippen LogP contribution in [0.2, 0.25) is 0 Å². The van der Waals surface area contributed by atoms with Crippen molar-refractivity contribution in [3.63, 3.8) is 0 Å². The van der Waals surface area contributed by atoms with Crippen molar-refractivity contribution in [1.29, 1.82) is 0 Å². The molecule has 0 aliphatic carbocycles. The van der Waals surface area contributed by atoms with Gasteiger partial charge >= 0.3 is 24.5 Å². The predicted molar refractivity (Wildman–Crippen MR) is 168 cm³/mol. The summed E-state index contributed by atoms with van der Waals surface area (Å²) in [5.41, 5.74) is -4.67. The van der Waals surface area contributed by atoms with Crippen molar-refractivity contribution in [3.05, 3.63) is 100 Å². The largest absolute Gasteiger partial charge is 0.496 e. The van der Waals surface area contributed by atoms with Crippen molar-refractivity contribution in [2.75, 3.05) is 25.7 Å². The molecule has 0 aliphatic heterocycles. The minimum Gasteiger partial charge on any atom is -0.496 e. The Bertz CT molecular complexity index is 1860. The Labute approximate surface area is 290 Å². The number of aromatic nitrogens is 2. The summed E-state index contributed by atoms with van der Waals surface area (Å²) in [5, 5.41) is 11.2. The lowest BCUT2D eigenvalue weighted by Gasteiger charge is -2.26. The van der Waals surface area contributed by atoms with Crippen molar-refractivity contribution in [1.82, 2.24) is 15.3 Å². The average molecular weight is 745 g/mol. The van der Waals surface area contributed by atoms with Gasteiger partial charge in [-0.3, -0.25) is 9.59 Å². The minimum absolute atomic E-state index is 0.0306. The van der Waals surface area contributed by atoms with Crippen LogP contribution in [0, 0.1) is 0 Å². The molecule has 0 saturated heterocycles. The standard InChI is InChI=1S/C34H29F9N4O5/c1-44-30(50)20-5-8-28(51-2)27(13-20)26-7-6-22(32(35,36)37)12-21(26)18-47(31-45-15-25(16-46-31)52-9-3-4-29(48)49)17-19-10-23(33(38,39)40)14-24(11-19)34(41,42)43/h5-8,10-16H,3-4,9,17-18H2,1-2H3,(H,44,50)(H,48,49). The van der Waals surface area contributed by atoms with E-state index in [1.807, 2.05) is 0 Å². The van der Waals surface area contributed by atoms with Crippen molar-refractivity contribution >= 4 is 17.8 Å². The maximum atomic E-state index is 14.0. The van der Waals surface area contributed by atoms with Gasteiger partial charge in [-0.2, -0.15) is 39.5 Å². The van der Waals surface area contributed by atoms with Crippen molar-refractivity contribution in [2.45, 2.75) is 44.5 Å². The fourth-order valence-electron chi connectivity index (χ4n) is 5.06. The quantitative estimate of drug-likeness (QED) is 0.105. The molecule has 3 aromatic carbocycles. The van der Waals surface area contributed by atoms with Gasteiger partial charge in [-0.15, -0.1) is 0 Å². The van der Waals surface area contributed by atoms with E-state index in [1.165, 1.54) is 32.4 Å². The number of nitrogens with one attached hydrogen (secondary N) is 1. The Balaban J connectivity index is 1.88. The van der Waals surface area contributed by atoms with Crippen LogP contribution in [0.25, 0.3) is 11.1 Å². The van der Waals surface area contributed by atoms with E-state index < -0.39 is 65.7 Å². The van der Waals surface area contributed by atoms with Gasteiger partial charge in [0.15, 0.2) is 5.75 Å². The number of halogens is 9. The highest BCUT2D eigenvalue weighted by Crippen LogP contribution is 2.40. The summed E-state index contributed by atoms with van der Waals surface area (Å²) in [6.07, 6.45) is -13.1. The van der Waals surface area contributed by atoms with Crippen molar-refractivity contribution in [3.8, 4) is 22.6 Å². The highest BCUT2D eigenvalue weighted by Gasteiger charge is 2.37. The summed E-state index contributed by atoms with van der Waals surface area (Å²) in [4.78, 5) is 32.5. The number of ether oxygens (including phenoxy) is 2. The van der Waals surface area contributed by atoms with Crippen LogP contribution in [0.3, 0.4) is 0 Å². The number of hydrogen-bond acceptors (Lipinski definition) is 7. The number of carboxylic acids is 1. The van der Waals surface area contributed by atoms with E-state index in [4.69, 9.17) is 14.6 Å². The summed E-state index contributed by atoms with van der Waals surface area (Å²) in [6, 6.07) is 7.67. The molecule has 0 saturated carbocycles. The first kappa shape index (κ1) is 39.2. The number of rotatable bonds is 13. The molecule has 0 bridgehead atoms. The van der Waals surface area contributed by atoms with Crippen LogP contribution in [0.5, 0.6) is 11.5 Å². The lowest BCUT2D eigenvalue weighted by molar-refractivity contribution is -0.143. The van der Waals surface area contributed by atoms with E-state index in [0.29, 0.717) is 12.1 Å². The Hall–Kier alpha value is -5.55. The second-order valence-electron chi connectivity index (χ2n) is 11.2. The van der Waals surface area contributed by atoms with E-state index in [0.717, 1.165) is 35.5 Å². The SMILES string of the molecule is CNC(=O)c1ccc(OC)c(-c2ccc(C(F)(F)F)cc2CN(Cc2cc(C(F)(F)F)cc(C(F)(F)F)c2)c2ncc(OCCCC(=O)O)cn2)c1. The zero-order chi connectivity index (χ0) is 38.4. The number of carbonyl (C=O) groups is 2. The molecular formula is C34H29F9N4O5. The number of hydrogen-bond donors (Lipinski definition) is 2. The van der Waals surface area contributed by atoms with Crippen molar-refractivity contribution < 1.29 is 63.7 Å². The number of anilines is 1. The Morgan fingerprint density at radius 2 is 1.40 bits per heavy atom. The van der Waals surface area contributed by atoms with Crippen molar-refractivity contribution in [2.24, 2.45) is 0 Å². The topological polar surface area (TPSA) is 114 Å². The third-order valence-corrected chi connectivity index (χ3v) is 7.49. The van der Waals surface area contributed by atoms with E-state index in [9.17, 15) is 49.1 Å². The number of amides is 1. The second kappa shape index (κ2) is 15.8. The molecule has 1 aromatic heterocycles. The molecule has 52 heavy (non-hydrogen) atoms. The Morgan fingerprint density at radius 3 is 1.94 bits per heavy atom. The van der Waals surface area contributed by atoms with Gasteiger partial charge in [0, 0.05) is 37.7 Å². The lowest BCUT2D eigenvalue weighted by Crippen LogP contribution is -2.26. The number of nitrogens with zero attached hydrogens (tertiary/aromatic N) is 3. The first-order valence-electron chi connectivity index (χ1n) is 15.1. The number of aliphatic carboxylic acids is 1. The Morgan fingerprint density at radius 1 is 0.788 bits per heavy atom. The molecule has 9 nitrogen and oxygen atoms in total. The van der Waals surface area contributed by atoms with Gasteiger partial charge in [0.2, 0.25) is 5.95 Å². The third-order valence-electron chi connectivity index (χ3n) is 7.49. The number of alkyl halides is 9. The highest BCUT2D eigenvalue weighted by molar-refractivity contribution is 5.96. The summed E-state index contributed by atoms with van der Waals surface area (Å²) in [7, 11) is 2.64. The average Bonchev–Trinajstić information content (AvgIpc) is 3.08. The van der Waals surface area contributed by atoms with Gasteiger partial charge in [-0.25, -0.2) is 9.97 Å². The molecule has 0 radical (unpaired) electrons. The molecule has 1 heterocycles. The number of carboxylic acid groups (broad SMARTS) is 1.